The van der Waals surface area contributed by atoms with Crippen LogP contribution in [0.3, 0.4) is 0 Å². The summed E-state index contributed by atoms with van der Waals surface area (Å²) in [6, 6.07) is 0. The number of carbonyl (C=O) groups excluding carboxylic acids is 1. The molecule has 0 radical (unpaired) electrons. The Bertz CT molecular complexity index is 1060. The van der Waals surface area contributed by atoms with E-state index in [-0.39, 0.29) is 40.5 Å². The van der Waals surface area contributed by atoms with E-state index in [4.69, 9.17) is 4.74 Å². The first-order valence-electron chi connectivity index (χ1n) is 12.7. The van der Waals surface area contributed by atoms with Crippen molar-refractivity contribution in [1.82, 2.24) is 0 Å². The molecule has 1 N–H and O–H groups in total. The number of ether oxygens (including phenoxy) is 1. The van der Waals surface area contributed by atoms with Crippen molar-refractivity contribution in [3.05, 3.63) is 58.9 Å². The van der Waals surface area contributed by atoms with Crippen molar-refractivity contribution < 1.29 is 19.4 Å². The van der Waals surface area contributed by atoms with Crippen molar-refractivity contribution in [3.8, 4) is 0 Å². The molecule has 1 heterocycles. The van der Waals surface area contributed by atoms with Crippen LogP contribution in [0.15, 0.2) is 58.9 Å². The molecule has 4 nitrogen and oxygen atoms in total. The van der Waals surface area contributed by atoms with E-state index in [1.54, 1.807) is 12.5 Å². The van der Waals surface area contributed by atoms with E-state index in [2.05, 4.69) is 59.4 Å². The average molecular weight is 465 g/mol. The number of hydrogen-bond donors (Lipinski definition) is 1. The highest BCUT2D eigenvalue weighted by Crippen LogP contribution is 2.68. The van der Waals surface area contributed by atoms with Crippen molar-refractivity contribution in [1.29, 1.82) is 0 Å². The summed E-state index contributed by atoms with van der Waals surface area (Å²) in [7, 11) is 0. The van der Waals surface area contributed by atoms with Gasteiger partial charge in [-0.3, -0.25) is 4.79 Å². The number of rotatable bonds is 6. The molecule has 0 aromatic heterocycles. The van der Waals surface area contributed by atoms with Crippen LogP contribution in [0, 0.1) is 34.0 Å². The monoisotopic (exact) mass is 464 g/mol. The zero-order chi connectivity index (χ0) is 25.1. The Hall–Kier alpha value is -2.36. The highest BCUT2D eigenvalue weighted by molar-refractivity contribution is 5.92. The first kappa shape index (κ1) is 24.8. The van der Waals surface area contributed by atoms with Crippen molar-refractivity contribution in [2.24, 2.45) is 34.0 Å². The highest BCUT2D eigenvalue weighted by Gasteiger charge is 2.58. The lowest BCUT2D eigenvalue weighted by Crippen LogP contribution is -2.46. The SMILES string of the molecule is C=C(C)C1C=CC2=C3CCC(C)(C(C)C=C4C=C(C)C(=O)O4)C3(C)CCC2C1(C)CCC(=O)O. The topological polar surface area (TPSA) is 63.6 Å². The zero-order valence-corrected chi connectivity index (χ0v) is 21.7. The molecule has 6 atom stereocenters. The molecule has 4 heteroatoms. The van der Waals surface area contributed by atoms with Gasteiger partial charge in [0.2, 0.25) is 0 Å². The van der Waals surface area contributed by atoms with Crippen molar-refractivity contribution in [2.45, 2.75) is 80.1 Å². The van der Waals surface area contributed by atoms with Gasteiger partial charge in [0.15, 0.2) is 0 Å². The van der Waals surface area contributed by atoms with Crippen LogP contribution in [0.2, 0.25) is 0 Å². The Morgan fingerprint density at radius 2 is 2.03 bits per heavy atom. The maximum atomic E-state index is 11.9. The van der Waals surface area contributed by atoms with Crippen LogP contribution in [0.5, 0.6) is 0 Å². The van der Waals surface area contributed by atoms with Crippen LogP contribution in [-0.4, -0.2) is 17.0 Å². The number of cyclic esters (lactones) is 1. The zero-order valence-electron chi connectivity index (χ0n) is 21.7. The van der Waals surface area contributed by atoms with Gasteiger partial charge in [0.1, 0.15) is 5.76 Å². The molecule has 1 fully saturated rings. The van der Waals surface area contributed by atoms with Gasteiger partial charge in [-0.1, -0.05) is 57.6 Å². The normalized spacial score (nSPS) is 38.9. The number of fused-ring (bicyclic) bond motifs is 2. The standard InChI is InChI=1S/C30H40O4/c1-18(2)23-9-8-22-24(28(23,5)13-12-26(31)32)10-15-30(7)25(22)11-14-29(30,6)20(4)17-21-16-19(3)27(33)34-21/h8-9,16-17,20,23-24H,1,10-15H2,2-7H3,(H,31,32). The third kappa shape index (κ3) is 3.65. The van der Waals surface area contributed by atoms with Crippen LogP contribution in [0.1, 0.15) is 80.1 Å². The van der Waals surface area contributed by atoms with E-state index in [9.17, 15) is 14.7 Å². The molecule has 0 aromatic carbocycles. The number of carboxylic acid groups (broad SMARTS) is 1. The third-order valence-electron chi connectivity index (χ3n) is 10.2. The minimum atomic E-state index is -0.724. The summed E-state index contributed by atoms with van der Waals surface area (Å²) in [5, 5.41) is 9.46. The summed E-state index contributed by atoms with van der Waals surface area (Å²) in [5.74, 6) is 0.528. The second kappa shape index (κ2) is 8.39. The Balaban J connectivity index is 1.72. The maximum absolute atomic E-state index is 11.9. The second-order valence-electron chi connectivity index (χ2n) is 11.9. The minimum Gasteiger partial charge on any atom is -0.481 e. The van der Waals surface area contributed by atoms with Crippen LogP contribution >= 0.6 is 0 Å². The fourth-order valence-electron chi connectivity index (χ4n) is 7.68. The number of esters is 1. The Labute approximate surface area is 204 Å². The predicted octanol–water partition coefficient (Wildman–Crippen LogP) is 7.16. The summed E-state index contributed by atoms with van der Waals surface area (Å²) in [4.78, 5) is 23.4. The van der Waals surface area contributed by atoms with E-state index in [0.717, 1.165) is 31.3 Å². The van der Waals surface area contributed by atoms with Crippen LogP contribution in [0.4, 0.5) is 0 Å². The van der Waals surface area contributed by atoms with Crippen LogP contribution in [0.25, 0.3) is 0 Å². The molecule has 6 unspecified atom stereocenters. The number of hydrogen-bond acceptors (Lipinski definition) is 3. The van der Waals surface area contributed by atoms with Gasteiger partial charge in [-0.05, 0) is 91.8 Å². The van der Waals surface area contributed by atoms with Gasteiger partial charge in [-0.25, -0.2) is 4.79 Å². The summed E-state index contributed by atoms with van der Waals surface area (Å²) >= 11 is 0. The molecule has 184 valence electrons. The Morgan fingerprint density at radius 3 is 2.62 bits per heavy atom. The first-order chi connectivity index (χ1) is 15.8. The summed E-state index contributed by atoms with van der Waals surface area (Å²) < 4.78 is 5.46. The second-order valence-corrected chi connectivity index (χ2v) is 11.9. The van der Waals surface area contributed by atoms with Crippen molar-refractivity contribution in [3.63, 3.8) is 0 Å². The van der Waals surface area contributed by atoms with Gasteiger partial charge in [0.05, 0.1) is 0 Å². The summed E-state index contributed by atoms with van der Waals surface area (Å²) in [6.07, 6.45) is 13.8. The minimum absolute atomic E-state index is 0.0561. The molecule has 34 heavy (non-hydrogen) atoms. The van der Waals surface area contributed by atoms with E-state index in [0.29, 0.717) is 23.7 Å². The largest absolute Gasteiger partial charge is 0.481 e. The fourth-order valence-corrected chi connectivity index (χ4v) is 7.68. The van der Waals surface area contributed by atoms with Gasteiger partial charge in [0, 0.05) is 17.9 Å². The van der Waals surface area contributed by atoms with Gasteiger partial charge in [-0.15, -0.1) is 0 Å². The maximum Gasteiger partial charge on any atom is 0.339 e. The van der Waals surface area contributed by atoms with Crippen molar-refractivity contribution >= 4 is 11.9 Å². The summed E-state index contributed by atoms with van der Waals surface area (Å²) in [6.45, 7) is 17.5. The lowest BCUT2D eigenvalue weighted by Gasteiger charge is -2.54. The average Bonchev–Trinajstić information content (AvgIpc) is 3.22. The molecule has 0 spiro atoms. The molecule has 4 aliphatic rings. The van der Waals surface area contributed by atoms with E-state index < -0.39 is 5.97 Å². The number of allylic oxidation sites excluding steroid dienone is 7. The van der Waals surface area contributed by atoms with Gasteiger partial charge < -0.3 is 9.84 Å². The number of carbonyl (C=O) groups is 2. The van der Waals surface area contributed by atoms with Crippen molar-refractivity contribution in [2.75, 3.05) is 0 Å². The van der Waals surface area contributed by atoms with E-state index >= 15 is 0 Å². The number of carboxylic acids is 1. The van der Waals surface area contributed by atoms with E-state index in [1.807, 2.05) is 6.08 Å². The smallest absolute Gasteiger partial charge is 0.339 e. The van der Waals surface area contributed by atoms with Crippen LogP contribution in [-0.2, 0) is 14.3 Å². The third-order valence-corrected chi connectivity index (χ3v) is 10.2. The van der Waals surface area contributed by atoms with Crippen LogP contribution < -0.4 is 0 Å². The molecule has 1 saturated carbocycles. The van der Waals surface area contributed by atoms with E-state index in [1.165, 1.54) is 5.57 Å². The molecular weight excluding hydrogens is 424 g/mol. The summed E-state index contributed by atoms with van der Waals surface area (Å²) in [5.41, 5.74) is 4.77. The molecule has 0 bridgehead atoms. The molecule has 0 aromatic rings. The molecule has 3 aliphatic carbocycles. The molecular formula is C30H40O4. The molecule has 1 aliphatic heterocycles. The Kier molecular flexibility index (Phi) is 6.11. The first-order valence-corrected chi connectivity index (χ1v) is 12.7. The Morgan fingerprint density at radius 1 is 1.32 bits per heavy atom. The quantitative estimate of drug-likeness (QED) is 0.335. The lowest BCUT2D eigenvalue weighted by molar-refractivity contribution is -0.138. The van der Waals surface area contributed by atoms with Gasteiger partial charge in [-0.2, -0.15) is 0 Å². The number of aliphatic carboxylic acids is 1. The molecule has 4 rings (SSSR count). The predicted molar refractivity (Wildman–Crippen MR) is 135 cm³/mol. The van der Waals surface area contributed by atoms with Gasteiger partial charge >= 0.3 is 11.9 Å². The lowest BCUT2D eigenvalue weighted by atomic mass is 9.49. The molecule has 0 saturated heterocycles. The molecule has 0 amide bonds. The highest BCUT2D eigenvalue weighted by atomic mass is 16.5. The van der Waals surface area contributed by atoms with Gasteiger partial charge in [0.25, 0.3) is 0 Å². The fraction of sp³-hybridized carbons (Fsp3) is 0.600.